The molecule has 2 aliphatic heterocycles. The number of aryl methyl sites for hydroxylation is 1. The summed E-state index contributed by atoms with van der Waals surface area (Å²) in [6.07, 6.45) is 4.10. The molecule has 0 radical (unpaired) electrons. The number of amides is 1. The Balaban J connectivity index is 1.58. The number of nitrogens with one attached hydrogen (secondary N) is 1. The van der Waals surface area contributed by atoms with E-state index in [1.54, 1.807) is 0 Å². The number of aliphatic imine (C=N–C) groups is 1. The minimum atomic E-state index is -0.0870. The molecule has 1 N–H and O–H groups in total. The van der Waals surface area contributed by atoms with E-state index in [1.165, 1.54) is 28.6 Å². The predicted octanol–water partition coefficient (Wildman–Crippen LogP) is 6.25. The normalized spacial score (nSPS) is 22.7. The number of thioether (sulfide) groups is 1. The summed E-state index contributed by atoms with van der Waals surface area (Å²) in [6.45, 7) is 12.3. The van der Waals surface area contributed by atoms with Gasteiger partial charge in [0.2, 0.25) is 0 Å². The Morgan fingerprint density at radius 1 is 1.19 bits per heavy atom. The van der Waals surface area contributed by atoms with Gasteiger partial charge in [0, 0.05) is 17.8 Å². The molecule has 0 aromatic heterocycles. The molecule has 0 bridgehead atoms. The van der Waals surface area contributed by atoms with Crippen LogP contribution in [0, 0.1) is 0 Å². The van der Waals surface area contributed by atoms with Gasteiger partial charge in [-0.3, -0.25) is 4.79 Å². The van der Waals surface area contributed by atoms with Gasteiger partial charge in [0.25, 0.3) is 5.91 Å². The van der Waals surface area contributed by atoms with E-state index in [9.17, 15) is 4.79 Å². The van der Waals surface area contributed by atoms with Crippen LogP contribution in [0.1, 0.15) is 63.6 Å². The van der Waals surface area contributed by atoms with Gasteiger partial charge in [-0.1, -0.05) is 32.0 Å². The standard InChI is InChI=1S/C26H31N3OS/c1-6-18-8-11-20(12-9-18)27-25-28-24(30)23(31-25)15-19-10-13-22-21(14-19)17(3)16-26(4,5)29(22)7-2/h8-15,17H,6-7,16H2,1-5H3,(H,27,28,30)/b23-15-. The monoisotopic (exact) mass is 433 g/mol. The first kappa shape index (κ1) is 21.7. The van der Waals surface area contributed by atoms with E-state index in [4.69, 9.17) is 0 Å². The van der Waals surface area contributed by atoms with Crippen LogP contribution in [0.3, 0.4) is 0 Å². The second kappa shape index (κ2) is 8.54. The summed E-state index contributed by atoms with van der Waals surface area (Å²) in [7, 11) is 0. The zero-order valence-electron chi connectivity index (χ0n) is 19.0. The van der Waals surface area contributed by atoms with Crippen LogP contribution < -0.4 is 10.2 Å². The fourth-order valence-electron chi connectivity index (χ4n) is 4.75. The highest BCUT2D eigenvalue weighted by Crippen LogP contribution is 2.43. The summed E-state index contributed by atoms with van der Waals surface area (Å²) in [6, 6.07) is 14.7. The quantitative estimate of drug-likeness (QED) is 0.579. The van der Waals surface area contributed by atoms with Crippen molar-refractivity contribution in [3.05, 3.63) is 64.1 Å². The van der Waals surface area contributed by atoms with Gasteiger partial charge in [-0.05, 0) is 98.3 Å². The van der Waals surface area contributed by atoms with E-state index in [0.717, 1.165) is 30.6 Å². The van der Waals surface area contributed by atoms with Crippen LogP contribution in [0.4, 0.5) is 11.4 Å². The van der Waals surface area contributed by atoms with Crippen LogP contribution in [0.15, 0.2) is 52.4 Å². The second-order valence-corrected chi connectivity index (χ2v) is 10.0. The molecule has 4 rings (SSSR count). The van der Waals surface area contributed by atoms with Crippen molar-refractivity contribution < 1.29 is 4.79 Å². The maximum atomic E-state index is 12.5. The zero-order chi connectivity index (χ0) is 22.2. The third-order valence-electron chi connectivity index (χ3n) is 6.25. The van der Waals surface area contributed by atoms with Crippen LogP contribution in [0.5, 0.6) is 0 Å². The Kier molecular flexibility index (Phi) is 5.98. The van der Waals surface area contributed by atoms with Gasteiger partial charge in [-0.25, -0.2) is 4.99 Å². The Morgan fingerprint density at radius 3 is 2.61 bits per heavy atom. The first-order chi connectivity index (χ1) is 14.8. The van der Waals surface area contributed by atoms with Crippen molar-refractivity contribution in [1.29, 1.82) is 0 Å². The number of fused-ring (bicyclic) bond motifs is 1. The van der Waals surface area contributed by atoms with Crippen molar-refractivity contribution in [1.82, 2.24) is 5.32 Å². The molecule has 2 aromatic carbocycles. The van der Waals surface area contributed by atoms with Crippen molar-refractivity contribution in [2.75, 3.05) is 11.4 Å². The van der Waals surface area contributed by atoms with Crippen LogP contribution in [0.25, 0.3) is 6.08 Å². The lowest BCUT2D eigenvalue weighted by Crippen LogP contribution is -2.48. The summed E-state index contributed by atoms with van der Waals surface area (Å²) >= 11 is 1.40. The van der Waals surface area contributed by atoms with E-state index in [1.807, 2.05) is 18.2 Å². The highest BCUT2D eigenvalue weighted by Gasteiger charge is 2.35. The van der Waals surface area contributed by atoms with E-state index in [2.05, 4.69) is 80.2 Å². The molecule has 0 aliphatic carbocycles. The van der Waals surface area contributed by atoms with Crippen LogP contribution >= 0.6 is 11.8 Å². The van der Waals surface area contributed by atoms with Gasteiger partial charge in [-0.2, -0.15) is 0 Å². The van der Waals surface area contributed by atoms with Crippen molar-refractivity contribution >= 4 is 40.3 Å². The largest absolute Gasteiger partial charge is 0.366 e. The fourth-order valence-corrected chi connectivity index (χ4v) is 5.59. The van der Waals surface area contributed by atoms with Gasteiger partial charge in [-0.15, -0.1) is 0 Å². The van der Waals surface area contributed by atoms with Gasteiger partial charge < -0.3 is 10.2 Å². The highest BCUT2D eigenvalue weighted by molar-refractivity contribution is 8.18. The predicted molar refractivity (Wildman–Crippen MR) is 133 cm³/mol. The topological polar surface area (TPSA) is 44.7 Å². The van der Waals surface area contributed by atoms with Gasteiger partial charge in [0.1, 0.15) is 0 Å². The number of hydrogen-bond acceptors (Lipinski definition) is 4. The average Bonchev–Trinajstić information content (AvgIpc) is 3.07. The van der Waals surface area contributed by atoms with Crippen LogP contribution in [-0.4, -0.2) is 23.2 Å². The summed E-state index contributed by atoms with van der Waals surface area (Å²) in [5.74, 6) is 0.399. The van der Waals surface area contributed by atoms with Crippen molar-refractivity contribution in [2.24, 2.45) is 4.99 Å². The molecule has 31 heavy (non-hydrogen) atoms. The van der Waals surface area contributed by atoms with Crippen LogP contribution in [0.2, 0.25) is 0 Å². The smallest absolute Gasteiger partial charge is 0.264 e. The first-order valence-electron chi connectivity index (χ1n) is 11.1. The molecule has 0 spiro atoms. The Hall–Kier alpha value is -2.53. The maximum Gasteiger partial charge on any atom is 0.264 e. The molecule has 1 amide bonds. The lowest BCUT2D eigenvalue weighted by atomic mass is 9.79. The minimum Gasteiger partial charge on any atom is -0.366 e. The van der Waals surface area contributed by atoms with Crippen LogP contribution in [-0.2, 0) is 11.2 Å². The minimum absolute atomic E-state index is 0.0870. The van der Waals surface area contributed by atoms with E-state index >= 15 is 0 Å². The first-order valence-corrected chi connectivity index (χ1v) is 11.9. The Morgan fingerprint density at radius 2 is 1.94 bits per heavy atom. The van der Waals surface area contributed by atoms with Gasteiger partial charge in [0.05, 0.1) is 10.6 Å². The maximum absolute atomic E-state index is 12.5. The number of benzene rings is 2. The highest BCUT2D eigenvalue weighted by atomic mass is 32.2. The molecule has 1 saturated heterocycles. The fraction of sp³-hybridized carbons (Fsp3) is 0.385. The number of anilines is 1. The third-order valence-corrected chi connectivity index (χ3v) is 7.16. The molecule has 2 heterocycles. The molecule has 1 unspecified atom stereocenters. The van der Waals surface area contributed by atoms with E-state index < -0.39 is 0 Å². The molecule has 4 nitrogen and oxygen atoms in total. The molecule has 2 aromatic rings. The third kappa shape index (κ3) is 4.42. The van der Waals surface area contributed by atoms with Gasteiger partial charge >= 0.3 is 0 Å². The van der Waals surface area contributed by atoms with Crippen molar-refractivity contribution in [2.45, 2.75) is 58.9 Å². The molecule has 0 saturated carbocycles. The molecule has 1 fully saturated rings. The van der Waals surface area contributed by atoms with E-state index in [-0.39, 0.29) is 11.4 Å². The molecule has 5 heteroatoms. The number of carbonyl (C=O) groups excluding carboxylic acids is 1. The lowest BCUT2D eigenvalue weighted by molar-refractivity contribution is -0.115. The van der Waals surface area contributed by atoms with Crippen molar-refractivity contribution in [3.8, 4) is 0 Å². The number of rotatable bonds is 4. The Labute approximate surface area is 189 Å². The summed E-state index contributed by atoms with van der Waals surface area (Å²) in [4.78, 5) is 20.3. The molecule has 162 valence electrons. The number of hydrogen-bond donors (Lipinski definition) is 1. The lowest BCUT2D eigenvalue weighted by Gasteiger charge is -2.47. The molecular weight excluding hydrogens is 402 g/mol. The zero-order valence-corrected chi connectivity index (χ0v) is 19.8. The average molecular weight is 434 g/mol. The van der Waals surface area contributed by atoms with Gasteiger partial charge in [0.15, 0.2) is 5.17 Å². The van der Waals surface area contributed by atoms with Crippen molar-refractivity contribution in [3.63, 3.8) is 0 Å². The number of carbonyl (C=O) groups is 1. The number of amidine groups is 1. The summed E-state index contributed by atoms with van der Waals surface area (Å²) in [5.41, 5.74) is 6.03. The molecule has 2 aliphatic rings. The van der Waals surface area contributed by atoms with E-state index in [0.29, 0.717) is 16.0 Å². The SMILES string of the molecule is CCc1ccc(N=C2NC(=O)/C(=C/c3ccc4c(c3)C(C)CC(C)(C)N4CC)S2)cc1. The second-order valence-electron chi connectivity index (χ2n) is 8.98. The Bertz CT molecular complexity index is 1050. The molecular formula is C26H31N3OS. The molecule has 1 atom stereocenters. The summed E-state index contributed by atoms with van der Waals surface area (Å²) < 4.78 is 0. The summed E-state index contributed by atoms with van der Waals surface area (Å²) in [5, 5.41) is 3.53. The number of nitrogens with zero attached hydrogens (tertiary/aromatic N) is 2.